The largest absolute Gasteiger partial charge is 0.497 e. The second kappa shape index (κ2) is 4.72. The maximum absolute atomic E-state index is 5.22. The van der Waals surface area contributed by atoms with Gasteiger partial charge in [-0.15, -0.1) is 0 Å². The molecule has 2 heterocycles. The van der Waals surface area contributed by atoms with E-state index in [1.54, 1.807) is 7.11 Å². The maximum Gasteiger partial charge on any atom is 0.156 e. The SMILES string of the molecule is COc1cccc(Cc2nc3cc(C)ccn3n2)c1. The third-order valence-electron chi connectivity index (χ3n) is 3.03. The third-order valence-corrected chi connectivity index (χ3v) is 3.03. The Bertz CT molecular complexity index is 718. The molecule has 0 N–H and O–H groups in total. The molecule has 3 rings (SSSR count). The van der Waals surface area contributed by atoms with Crippen LogP contribution in [0.15, 0.2) is 42.6 Å². The zero-order valence-corrected chi connectivity index (χ0v) is 11.0. The lowest BCUT2D eigenvalue weighted by molar-refractivity contribution is 0.414. The van der Waals surface area contributed by atoms with Crippen molar-refractivity contribution in [3.05, 3.63) is 59.5 Å². The van der Waals surface area contributed by atoms with E-state index in [9.17, 15) is 0 Å². The van der Waals surface area contributed by atoms with E-state index in [-0.39, 0.29) is 0 Å². The molecule has 0 aliphatic heterocycles. The quantitative estimate of drug-likeness (QED) is 0.720. The van der Waals surface area contributed by atoms with E-state index >= 15 is 0 Å². The molecule has 0 amide bonds. The molecule has 0 unspecified atom stereocenters. The molecule has 96 valence electrons. The summed E-state index contributed by atoms with van der Waals surface area (Å²) in [6.07, 6.45) is 2.64. The molecule has 4 heteroatoms. The van der Waals surface area contributed by atoms with Gasteiger partial charge in [-0.1, -0.05) is 12.1 Å². The minimum absolute atomic E-state index is 0.706. The molecular weight excluding hydrogens is 238 g/mol. The Hall–Kier alpha value is -2.36. The van der Waals surface area contributed by atoms with Crippen LogP contribution < -0.4 is 4.74 Å². The fraction of sp³-hybridized carbons (Fsp3) is 0.200. The summed E-state index contributed by atoms with van der Waals surface area (Å²) in [4.78, 5) is 4.54. The summed E-state index contributed by atoms with van der Waals surface area (Å²) in [5.74, 6) is 1.68. The van der Waals surface area contributed by atoms with Crippen LogP contribution in [-0.2, 0) is 6.42 Å². The van der Waals surface area contributed by atoms with Crippen LogP contribution in [0.5, 0.6) is 5.75 Å². The number of nitrogens with zero attached hydrogens (tertiary/aromatic N) is 3. The lowest BCUT2D eigenvalue weighted by Gasteiger charge is -2.01. The van der Waals surface area contributed by atoms with Crippen LogP contribution in [0.3, 0.4) is 0 Å². The molecule has 19 heavy (non-hydrogen) atoms. The van der Waals surface area contributed by atoms with Crippen molar-refractivity contribution in [2.75, 3.05) is 7.11 Å². The molecule has 3 aromatic rings. The van der Waals surface area contributed by atoms with E-state index in [2.05, 4.69) is 23.1 Å². The van der Waals surface area contributed by atoms with Gasteiger partial charge in [-0.3, -0.25) is 0 Å². The fourth-order valence-electron chi connectivity index (χ4n) is 2.07. The molecule has 0 fully saturated rings. The highest BCUT2D eigenvalue weighted by Crippen LogP contribution is 2.15. The summed E-state index contributed by atoms with van der Waals surface area (Å²) < 4.78 is 7.03. The molecule has 4 nitrogen and oxygen atoms in total. The minimum Gasteiger partial charge on any atom is -0.497 e. The first-order valence-electron chi connectivity index (χ1n) is 6.19. The van der Waals surface area contributed by atoms with Gasteiger partial charge in [-0.2, -0.15) is 5.10 Å². The highest BCUT2D eigenvalue weighted by molar-refractivity contribution is 5.40. The number of rotatable bonds is 3. The minimum atomic E-state index is 0.706. The normalized spacial score (nSPS) is 10.8. The highest BCUT2D eigenvalue weighted by Gasteiger charge is 2.05. The van der Waals surface area contributed by atoms with Crippen LogP contribution >= 0.6 is 0 Å². The fourth-order valence-corrected chi connectivity index (χ4v) is 2.07. The summed E-state index contributed by atoms with van der Waals surface area (Å²) in [6.45, 7) is 2.05. The topological polar surface area (TPSA) is 39.4 Å². The maximum atomic E-state index is 5.22. The Labute approximate surface area is 111 Å². The van der Waals surface area contributed by atoms with Crippen molar-refractivity contribution < 1.29 is 4.74 Å². The van der Waals surface area contributed by atoms with E-state index < -0.39 is 0 Å². The average Bonchev–Trinajstić information content (AvgIpc) is 2.80. The summed E-state index contributed by atoms with van der Waals surface area (Å²) >= 11 is 0. The molecule has 0 bridgehead atoms. The Kier molecular flexibility index (Phi) is 2.91. The molecular formula is C15H15N3O. The lowest BCUT2D eigenvalue weighted by atomic mass is 10.1. The molecule has 0 aliphatic rings. The molecule has 2 aromatic heterocycles. The number of pyridine rings is 1. The van der Waals surface area contributed by atoms with Crippen LogP contribution in [-0.4, -0.2) is 21.7 Å². The van der Waals surface area contributed by atoms with E-state index in [0.29, 0.717) is 6.42 Å². The van der Waals surface area contributed by atoms with Gasteiger partial charge in [0.1, 0.15) is 5.75 Å². The highest BCUT2D eigenvalue weighted by atomic mass is 16.5. The molecule has 0 radical (unpaired) electrons. The van der Waals surface area contributed by atoms with Crippen LogP contribution in [0, 0.1) is 6.92 Å². The second-order valence-corrected chi connectivity index (χ2v) is 4.56. The number of benzene rings is 1. The van der Waals surface area contributed by atoms with Crippen molar-refractivity contribution in [2.24, 2.45) is 0 Å². The molecule has 0 atom stereocenters. The van der Waals surface area contributed by atoms with Crippen LogP contribution in [0.25, 0.3) is 5.65 Å². The lowest BCUT2D eigenvalue weighted by Crippen LogP contribution is -1.93. The van der Waals surface area contributed by atoms with E-state index in [1.165, 1.54) is 5.56 Å². The number of hydrogen-bond donors (Lipinski definition) is 0. The van der Waals surface area contributed by atoms with Crippen LogP contribution in [0.1, 0.15) is 17.0 Å². The van der Waals surface area contributed by atoms with Crippen molar-refractivity contribution in [3.8, 4) is 5.75 Å². The standard InChI is InChI=1S/C15H15N3O/c1-11-6-7-18-15(8-11)16-14(17-18)10-12-4-3-5-13(9-12)19-2/h3-9H,10H2,1-2H3. The Balaban J connectivity index is 1.92. The molecule has 0 spiro atoms. The first kappa shape index (κ1) is 11.7. The van der Waals surface area contributed by atoms with E-state index in [0.717, 1.165) is 22.8 Å². The Morgan fingerprint density at radius 2 is 2.11 bits per heavy atom. The third kappa shape index (κ3) is 2.42. The summed E-state index contributed by atoms with van der Waals surface area (Å²) in [7, 11) is 1.67. The first-order valence-corrected chi connectivity index (χ1v) is 6.19. The van der Waals surface area contributed by atoms with Gasteiger partial charge in [0.2, 0.25) is 0 Å². The Morgan fingerprint density at radius 3 is 2.95 bits per heavy atom. The van der Waals surface area contributed by atoms with Crippen molar-refractivity contribution in [2.45, 2.75) is 13.3 Å². The second-order valence-electron chi connectivity index (χ2n) is 4.56. The molecule has 1 aromatic carbocycles. The monoisotopic (exact) mass is 253 g/mol. The van der Waals surface area contributed by atoms with Crippen molar-refractivity contribution in [1.29, 1.82) is 0 Å². The predicted octanol–water partition coefficient (Wildman–Crippen LogP) is 2.64. The number of ether oxygens (including phenoxy) is 1. The van der Waals surface area contributed by atoms with Crippen molar-refractivity contribution in [3.63, 3.8) is 0 Å². The van der Waals surface area contributed by atoms with Gasteiger partial charge in [-0.25, -0.2) is 9.50 Å². The molecule has 0 saturated heterocycles. The number of aromatic nitrogens is 3. The van der Waals surface area contributed by atoms with E-state index in [4.69, 9.17) is 4.74 Å². The summed E-state index contributed by atoms with van der Waals surface area (Å²) in [5, 5.41) is 4.47. The number of hydrogen-bond acceptors (Lipinski definition) is 3. The van der Waals surface area contributed by atoms with Crippen LogP contribution in [0.2, 0.25) is 0 Å². The first-order chi connectivity index (χ1) is 9.24. The van der Waals surface area contributed by atoms with E-state index in [1.807, 2.05) is 41.0 Å². The van der Waals surface area contributed by atoms with Gasteiger partial charge >= 0.3 is 0 Å². The molecule has 0 saturated carbocycles. The van der Waals surface area contributed by atoms with Gasteiger partial charge < -0.3 is 4.74 Å². The summed E-state index contributed by atoms with van der Waals surface area (Å²) in [6, 6.07) is 12.0. The van der Waals surface area contributed by atoms with Gasteiger partial charge in [0, 0.05) is 12.6 Å². The van der Waals surface area contributed by atoms with Crippen molar-refractivity contribution in [1.82, 2.24) is 14.6 Å². The van der Waals surface area contributed by atoms with Crippen molar-refractivity contribution >= 4 is 5.65 Å². The summed E-state index contributed by atoms with van der Waals surface area (Å²) in [5.41, 5.74) is 3.22. The average molecular weight is 253 g/mol. The smallest absolute Gasteiger partial charge is 0.156 e. The zero-order valence-electron chi connectivity index (χ0n) is 11.0. The van der Waals surface area contributed by atoms with Gasteiger partial charge in [0.05, 0.1) is 7.11 Å². The zero-order chi connectivity index (χ0) is 13.2. The number of methoxy groups -OCH3 is 1. The van der Waals surface area contributed by atoms with Gasteiger partial charge in [0.25, 0.3) is 0 Å². The van der Waals surface area contributed by atoms with Gasteiger partial charge in [0.15, 0.2) is 11.5 Å². The molecule has 0 aliphatic carbocycles. The Morgan fingerprint density at radius 1 is 1.21 bits per heavy atom. The predicted molar refractivity (Wildman–Crippen MR) is 73.5 cm³/mol. The number of fused-ring (bicyclic) bond motifs is 1. The number of aryl methyl sites for hydroxylation is 1. The van der Waals surface area contributed by atoms with Gasteiger partial charge in [-0.05, 0) is 42.3 Å². The van der Waals surface area contributed by atoms with Crippen LogP contribution in [0.4, 0.5) is 0 Å².